The predicted molar refractivity (Wildman–Crippen MR) is 93.1 cm³/mol. The molecule has 0 saturated carbocycles. The standard InChI is InChI=1S/C16H22N4O3S/c1-12(13-7-4-3-5-8-13)17-14(21)11-24-16-19-18-15(22)20(16)9-6-10-23-2/h3-5,7-8,12H,6,9-11H2,1-2H3,(H,17,21)(H,18,22). The molecule has 8 heteroatoms. The highest BCUT2D eigenvalue weighted by Gasteiger charge is 2.13. The average Bonchev–Trinajstić information content (AvgIpc) is 2.94. The second-order valence-corrected chi connectivity index (χ2v) is 6.24. The summed E-state index contributed by atoms with van der Waals surface area (Å²) >= 11 is 1.24. The second kappa shape index (κ2) is 9.29. The van der Waals surface area contributed by atoms with Gasteiger partial charge in [-0.3, -0.25) is 9.36 Å². The number of ether oxygens (including phenoxy) is 1. The minimum Gasteiger partial charge on any atom is -0.385 e. The van der Waals surface area contributed by atoms with Crippen molar-refractivity contribution in [3.05, 3.63) is 46.4 Å². The van der Waals surface area contributed by atoms with Crippen LogP contribution in [0.2, 0.25) is 0 Å². The normalized spacial score (nSPS) is 12.1. The maximum absolute atomic E-state index is 12.1. The Balaban J connectivity index is 1.87. The maximum Gasteiger partial charge on any atom is 0.343 e. The lowest BCUT2D eigenvalue weighted by molar-refractivity contribution is -0.119. The van der Waals surface area contributed by atoms with Crippen molar-refractivity contribution in [3.8, 4) is 0 Å². The van der Waals surface area contributed by atoms with Crippen LogP contribution in [0.1, 0.15) is 24.9 Å². The van der Waals surface area contributed by atoms with E-state index < -0.39 is 0 Å². The van der Waals surface area contributed by atoms with Crippen LogP contribution < -0.4 is 11.0 Å². The van der Waals surface area contributed by atoms with Crippen molar-refractivity contribution in [1.82, 2.24) is 20.1 Å². The van der Waals surface area contributed by atoms with Gasteiger partial charge in [0.1, 0.15) is 0 Å². The fourth-order valence-electron chi connectivity index (χ4n) is 2.22. The zero-order chi connectivity index (χ0) is 17.4. The summed E-state index contributed by atoms with van der Waals surface area (Å²) in [5, 5.41) is 9.84. The summed E-state index contributed by atoms with van der Waals surface area (Å²) in [4.78, 5) is 23.8. The quantitative estimate of drug-likeness (QED) is 0.529. The second-order valence-electron chi connectivity index (χ2n) is 5.30. The van der Waals surface area contributed by atoms with Crippen LogP contribution in [0.5, 0.6) is 0 Å². The molecule has 0 fully saturated rings. The van der Waals surface area contributed by atoms with Crippen LogP contribution in [-0.2, 0) is 16.1 Å². The number of hydrogen-bond donors (Lipinski definition) is 2. The molecule has 0 spiro atoms. The molecule has 0 aliphatic heterocycles. The Morgan fingerprint density at radius 1 is 1.42 bits per heavy atom. The fraction of sp³-hybridized carbons (Fsp3) is 0.438. The minimum atomic E-state index is -0.272. The monoisotopic (exact) mass is 350 g/mol. The van der Waals surface area contributed by atoms with Crippen LogP contribution in [0.4, 0.5) is 0 Å². The van der Waals surface area contributed by atoms with Crippen molar-refractivity contribution in [2.75, 3.05) is 19.5 Å². The molecule has 24 heavy (non-hydrogen) atoms. The van der Waals surface area contributed by atoms with Gasteiger partial charge in [-0.05, 0) is 18.9 Å². The lowest BCUT2D eigenvalue weighted by Crippen LogP contribution is -2.28. The molecule has 0 radical (unpaired) electrons. The first-order chi connectivity index (χ1) is 11.6. The Kier molecular flexibility index (Phi) is 7.07. The van der Waals surface area contributed by atoms with Crippen LogP contribution in [0.25, 0.3) is 0 Å². The van der Waals surface area contributed by atoms with Crippen molar-refractivity contribution in [1.29, 1.82) is 0 Å². The number of thioether (sulfide) groups is 1. The van der Waals surface area contributed by atoms with Crippen molar-refractivity contribution >= 4 is 17.7 Å². The molecule has 1 unspecified atom stereocenters. The molecule has 130 valence electrons. The van der Waals surface area contributed by atoms with Crippen LogP contribution in [-0.4, -0.2) is 40.1 Å². The van der Waals surface area contributed by atoms with Gasteiger partial charge in [0, 0.05) is 20.3 Å². The van der Waals surface area contributed by atoms with Gasteiger partial charge in [-0.15, -0.1) is 5.10 Å². The zero-order valence-corrected chi connectivity index (χ0v) is 14.6. The Morgan fingerprint density at radius 3 is 2.88 bits per heavy atom. The summed E-state index contributed by atoms with van der Waals surface area (Å²) in [6.07, 6.45) is 0.709. The summed E-state index contributed by atoms with van der Waals surface area (Å²) in [6.45, 7) is 3.01. The number of nitrogens with one attached hydrogen (secondary N) is 2. The average molecular weight is 350 g/mol. The molecule has 0 aliphatic rings. The first-order valence-corrected chi connectivity index (χ1v) is 8.71. The van der Waals surface area contributed by atoms with Gasteiger partial charge in [-0.2, -0.15) is 0 Å². The molecular weight excluding hydrogens is 328 g/mol. The number of aromatic amines is 1. The van der Waals surface area contributed by atoms with Crippen LogP contribution >= 0.6 is 11.8 Å². The number of aromatic nitrogens is 3. The number of benzene rings is 1. The fourth-order valence-corrected chi connectivity index (χ4v) is 3.00. The minimum absolute atomic E-state index is 0.0672. The van der Waals surface area contributed by atoms with Crippen LogP contribution in [0.3, 0.4) is 0 Å². The van der Waals surface area contributed by atoms with E-state index in [1.807, 2.05) is 37.3 Å². The number of rotatable bonds is 9. The van der Waals surface area contributed by atoms with E-state index in [1.54, 1.807) is 7.11 Å². The SMILES string of the molecule is COCCCn1c(SCC(=O)NC(C)c2ccccc2)n[nH]c1=O. The zero-order valence-electron chi connectivity index (χ0n) is 13.8. The lowest BCUT2D eigenvalue weighted by Gasteiger charge is -2.14. The predicted octanol–water partition coefficient (Wildman–Crippen LogP) is 1.58. The van der Waals surface area contributed by atoms with Crippen molar-refractivity contribution in [3.63, 3.8) is 0 Å². The number of nitrogens with zero attached hydrogens (tertiary/aromatic N) is 2. The number of hydrogen-bond acceptors (Lipinski definition) is 5. The highest BCUT2D eigenvalue weighted by atomic mass is 32.2. The van der Waals surface area contributed by atoms with Gasteiger partial charge in [0.05, 0.1) is 11.8 Å². The lowest BCUT2D eigenvalue weighted by atomic mass is 10.1. The smallest absolute Gasteiger partial charge is 0.343 e. The first kappa shape index (κ1) is 18.3. The Morgan fingerprint density at radius 2 is 2.17 bits per heavy atom. The van der Waals surface area contributed by atoms with E-state index >= 15 is 0 Å². The van der Waals surface area contributed by atoms with Gasteiger partial charge in [-0.1, -0.05) is 42.1 Å². The molecule has 0 saturated heterocycles. The number of H-pyrrole nitrogens is 1. The number of methoxy groups -OCH3 is 1. The maximum atomic E-state index is 12.1. The molecule has 0 aliphatic carbocycles. The molecule has 1 amide bonds. The van der Waals surface area contributed by atoms with Crippen LogP contribution in [0.15, 0.2) is 40.3 Å². The number of carbonyl (C=O) groups excluding carboxylic acids is 1. The van der Waals surface area contributed by atoms with Gasteiger partial charge in [0.25, 0.3) is 0 Å². The van der Waals surface area contributed by atoms with Gasteiger partial charge in [-0.25, -0.2) is 9.89 Å². The van der Waals surface area contributed by atoms with E-state index in [2.05, 4.69) is 15.5 Å². The summed E-state index contributed by atoms with van der Waals surface area (Å²) in [6, 6.07) is 9.69. The van der Waals surface area contributed by atoms with Gasteiger partial charge < -0.3 is 10.1 Å². The molecule has 7 nitrogen and oxygen atoms in total. The molecule has 2 rings (SSSR count). The highest BCUT2D eigenvalue weighted by Crippen LogP contribution is 2.15. The molecular formula is C16H22N4O3S. The Bertz CT molecular complexity index is 699. The highest BCUT2D eigenvalue weighted by molar-refractivity contribution is 7.99. The molecule has 1 aromatic heterocycles. The molecule has 1 heterocycles. The molecule has 2 aromatic rings. The van der Waals surface area contributed by atoms with Gasteiger partial charge in [0.2, 0.25) is 5.91 Å². The summed E-state index contributed by atoms with van der Waals surface area (Å²) in [7, 11) is 1.62. The topological polar surface area (TPSA) is 89.0 Å². The number of carbonyl (C=O) groups is 1. The molecule has 1 aromatic carbocycles. The third kappa shape index (κ3) is 5.24. The summed E-state index contributed by atoms with van der Waals surface area (Å²) in [5.74, 6) is 0.0985. The van der Waals surface area contributed by atoms with E-state index in [9.17, 15) is 9.59 Å². The third-order valence-electron chi connectivity index (χ3n) is 3.46. The number of amides is 1. The Labute approximate surface area is 144 Å². The van der Waals surface area contributed by atoms with E-state index in [0.29, 0.717) is 24.7 Å². The largest absolute Gasteiger partial charge is 0.385 e. The first-order valence-electron chi connectivity index (χ1n) is 7.73. The van der Waals surface area contributed by atoms with Crippen LogP contribution in [0, 0.1) is 0 Å². The van der Waals surface area contributed by atoms with Crippen molar-refractivity contribution in [2.24, 2.45) is 0 Å². The van der Waals surface area contributed by atoms with Crippen molar-refractivity contribution in [2.45, 2.75) is 31.1 Å². The molecule has 2 N–H and O–H groups in total. The van der Waals surface area contributed by atoms with Crippen molar-refractivity contribution < 1.29 is 9.53 Å². The Hall–Kier alpha value is -2.06. The third-order valence-corrected chi connectivity index (χ3v) is 4.44. The summed E-state index contributed by atoms with van der Waals surface area (Å²) < 4.78 is 6.51. The van der Waals surface area contributed by atoms with E-state index in [0.717, 1.165) is 5.56 Å². The molecule has 0 bridgehead atoms. The van der Waals surface area contributed by atoms with Gasteiger partial charge >= 0.3 is 5.69 Å². The molecule has 1 atom stereocenters. The summed E-state index contributed by atoms with van der Waals surface area (Å²) in [5.41, 5.74) is 0.777. The van der Waals surface area contributed by atoms with E-state index in [1.165, 1.54) is 16.3 Å². The van der Waals surface area contributed by atoms with E-state index in [-0.39, 0.29) is 23.4 Å². The van der Waals surface area contributed by atoms with Gasteiger partial charge in [0.15, 0.2) is 5.16 Å². The van der Waals surface area contributed by atoms with E-state index in [4.69, 9.17) is 4.74 Å².